The second kappa shape index (κ2) is 6.67. The van der Waals surface area contributed by atoms with Crippen LogP contribution in [0.15, 0.2) is 18.2 Å². The number of carbonyl (C=O) groups is 1. The highest BCUT2D eigenvalue weighted by molar-refractivity contribution is 7.22. The van der Waals surface area contributed by atoms with Crippen molar-refractivity contribution in [3.63, 3.8) is 0 Å². The number of rotatable bonds is 6. The molecule has 0 spiro atoms. The van der Waals surface area contributed by atoms with E-state index in [1.165, 1.54) is 11.3 Å². The summed E-state index contributed by atoms with van der Waals surface area (Å²) in [4.78, 5) is 16.1. The number of aromatic nitrogens is 1. The topological polar surface area (TPSA) is 77.2 Å². The molecule has 1 aromatic carbocycles. The summed E-state index contributed by atoms with van der Waals surface area (Å²) in [5, 5.41) is 3.32. The SMILES string of the molecule is CCCC(C)OCC(=O)Nc1nc2ccc(N)cc2s1. The van der Waals surface area contributed by atoms with Crippen LogP contribution in [0, 0.1) is 0 Å². The van der Waals surface area contributed by atoms with Crippen molar-refractivity contribution >= 4 is 38.3 Å². The number of amides is 1. The standard InChI is InChI=1S/C14H19N3O2S/c1-3-4-9(2)19-8-13(18)17-14-16-11-6-5-10(15)7-12(11)20-14/h5-7,9H,3-4,8,15H2,1-2H3,(H,16,17,18). The molecular weight excluding hydrogens is 274 g/mol. The molecule has 0 aliphatic heterocycles. The Kier molecular flexibility index (Phi) is 4.92. The van der Waals surface area contributed by atoms with Crippen molar-refractivity contribution in [2.45, 2.75) is 32.8 Å². The van der Waals surface area contributed by atoms with Crippen molar-refractivity contribution in [1.29, 1.82) is 0 Å². The molecule has 3 N–H and O–H groups in total. The lowest BCUT2D eigenvalue weighted by molar-refractivity contribution is -0.122. The number of hydrogen-bond acceptors (Lipinski definition) is 5. The summed E-state index contributed by atoms with van der Waals surface area (Å²) in [5.41, 5.74) is 7.24. The molecule has 0 radical (unpaired) electrons. The Morgan fingerprint density at radius 3 is 3.10 bits per heavy atom. The van der Waals surface area contributed by atoms with E-state index in [9.17, 15) is 4.79 Å². The van der Waals surface area contributed by atoms with Crippen LogP contribution in [0.25, 0.3) is 10.2 Å². The van der Waals surface area contributed by atoms with E-state index < -0.39 is 0 Å². The van der Waals surface area contributed by atoms with Crippen molar-refractivity contribution < 1.29 is 9.53 Å². The zero-order valence-electron chi connectivity index (χ0n) is 11.7. The van der Waals surface area contributed by atoms with Crippen molar-refractivity contribution in [3.05, 3.63) is 18.2 Å². The molecule has 0 aliphatic rings. The summed E-state index contributed by atoms with van der Waals surface area (Å²) >= 11 is 1.41. The molecule has 1 atom stereocenters. The third kappa shape index (κ3) is 3.91. The Balaban J connectivity index is 1.92. The zero-order valence-corrected chi connectivity index (χ0v) is 12.5. The molecule has 108 valence electrons. The molecule has 0 bridgehead atoms. The number of ether oxygens (including phenoxy) is 1. The second-order valence-corrected chi connectivity index (χ2v) is 5.74. The van der Waals surface area contributed by atoms with Gasteiger partial charge in [-0.2, -0.15) is 0 Å². The summed E-state index contributed by atoms with van der Waals surface area (Å²) in [6, 6.07) is 5.49. The lowest BCUT2D eigenvalue weighted by atomic mass is 10.2. The number of fused-ring (bicyclic) bond motifs is 1. The van der Waals surface area contributed by atoms with Crippen LogP contribution in [-0.2, 0) is 9.53 Å². The molecule has 20 heavy (non-hydrogen) atoms. The Labute approximate surface area is 122 Å². The normalized spacial score (nSPS) is 12.5. The molecule has 2 rings (SSSR count). The number of nitrogens with zero attached hydrogens (tertiary/aromatic N) is 1. The zero-order chi connectivity index (χ0) is 14.5. The average Bonchev–Trinajstić information content (AvgIpc) is 2.78. The van der Waals surface area contributed by atoms with Gasteiger partial charge in [0, 0.05) is 5.69 Å². The minimum Gasteiger partial charge on any atom is -0.399 e. The van der Waals surface area contributed by atoms with Gasteiger partial charge >= 0.3 is 0 Å². The van der Waals surface area contributed by atoms with Crippen LogP contribution < -0.4 is 11.1 Å². The fourth-order valence-electron chi connectivity index (χ4n) is 1.86. The Hall–Kier alpha value is -1.66. The molecular formula is C14H19N3O2S. The van der Waals surface area contributed by atoms with E-state index in [4.69, 9.17) is 10.5 Å². The number of nitrogens with one attached hydrogen (secondary N) is 1. The third-order valence-corrected chi connectivity index (χ3v) is 3.79. The molecule has 1 aromatic heterocycles. The van der Waals surface area contributed by atoms with Gasteiger partial charge in [0.15, 0.2) is 5.13 Å². The molecule has 5 nitrogen and oxygen atoms in total. The summed E-state index contributed by atoms with van der Waals surface area (Å²) in [6.07, 6.45) is 2.09. The average molecular weight is 293 g/mol. The Morgan fingerprint density at radius 2 is 2.35 bits per heavy atom. The summed E-state index contributed by atoms with van der Waals surface area (Å²) in [6.45, 7) is 4.11. The van der Waals surface area contributed by atoms with Gasteiger partial charge in [0.2, 0.25) is 0 Å². The van der Waals surface area contributed by atoms with E-state index in [2.05, 4.69) is 17.2 Å². The predicted octanol–water partition coefficient (Wildman–Crippen LogP) is 3.02. The highest BCUT2D eigenvalue weighted by Crippen LogP contribution is 2.27. The van der Waals surface area contributed by atoms with Gasteiger partial charge in [0.1, 0.15) is 6.61 Å². The molecule has 0 fully saturated rings. The maximum Gasteiger partial charge on any atom is 0.252 e. The van der Waals surface area contributed by atoms with Gasteiger partial charge < -0.3 is 10.5 Å². The smallest absolute Gasteiger partial charge is 0.252 e. The first-order valence-electron chi connectivity index (χ1n) is 6.66. The molecule has 1 unspecified atom stereocenters. The quantitative estimate of drug-likeness (QED) is 0.803. The van der Waals surface area contributed by atoms with Crippen LogP contribution in [0.5, 0.6) is 0 Å². The summed E-state index contributed by atoms with van der Waals surface area (Å²) < 4.78 is 6.41. The van der Waals surface area contributed by atoms with Gasteiger partial charge in [-0.15, -0.1) is 0 Å². The van der Waals surface area contributed by atoms with Crippen LogP contribution in [0.3, 0.4) is 0 Å². The van der Waals surface area contributed by atoms with Crippen LogP contribution >= 0.6 is 11.3 Å². The van der Waals surface area contributed by atoms with Gasteiger partial charge in [-0.05, 0) is 31.5 Å². The maximum absolute atomic E-state index is 11.8. The van der Waals surface area contributed by atoms with Gasteiger partial charge in [-0.25, -0.2) is 4.98 Å². The largest absolute Gasteiger partial charge is 0.399 e. The molecule has 1 amide bonds. The van der Waals surface area contributed by atoms with Crippen LogP contribution in [-0.4, -0.2) is 23.6 Å². The fraction of sp³-hybridized carbons (Fsp3) is 0.429. The van der Waals surface area contributed by atoms with Crippen LogP contribution in [0.1, 0.15) is 26.7 Å². The molecule has 2 aromatic rings. The van der Waals surface area contributed by atoms with E-state index in [-0.39, 0.29) is 18.6 Å². The second-order valence-electron chi connectivity index (χ2n) is 4.70. The number of anilines is 2. The van der Waals surface area contributed by atoms with Crippen LogP contribution in [0.2, 0.25) is 0 Å². The van der Waals surface area contributed by atoms with Crippen LogP contribution in [0.4, 0.5) is 10.8 Å². The van der Waals surface area contributed by atoms with Crippen molar-refractivity contribution in [3.8, 4) is 0 Å². The number of benzene rings is 1. The predicted molar refractivity (Wildman–Crippen MR) is 83.0 cm³/mol. The first-order chi connectivity index (χ1) is 9.58. The number of nitrogens with two attached hydrogens (primary N) is 1. The highest BCUT2D eigenvalue weighted by atomic mass is 32.1. The van der Waals surface area contributed by atoms with Gasteiger partial charge in [-0.1, -0.05) is 24.7 Å². The van der Waals surface area contributed by atoms with Crippen molar-refractivity contribution in [1.82, 2.24) is 4.98 Å². The molecule has 1 heterocycles. The van der Waals surface area contributed by atoms with E-state index in [1.54, 1.807) is 6.07 Å². The van der Waals surface area contributed by atoms with Gasteiger partial charge in [0.05, 0.1) is 16.3 Å². The van der Waals surface area contributed by atoms with E-state index in [0.29, 0.717) is 10.8 Å². The minimum absolute atomic E-state index is 0.0548. The van der Waals surface area contributed by atoms with Crippen molar-refractivity contribution in [2.75, 3.05) is 17.7 Å². The monoisotopic (exact) mass is 293 g/mol. The summed E-state index contributed by atoms with van der Waals surface area (Å²) in [5.74, 6) is -0.181. The number of nitrogen functional groups attached to an aromatic ring is 1. The Bertz CT molecular complexity index is 597. The summed E-state index contributed by atoms with van der Waals surface area (Å²) in [7, 11) is 0. The first kappa shape index (κ1) is 14.7. The number of thiazole rings is 1. The highest BCUT2D eigenvalue weighted by Gasteiger charge is 2.10. The van der Waals surface area contributed by atoms with E-state index in [1.807, 2.05) is 19.1 Å². The molecule has 0 saturated carbocycles. The minimum atomic E-state index is -0.181. The Morgan fingerprint density at radius 1 is 1.55 bits per heavy atom. The third-order valence-electron chi connectivity index (χ3n) is 2.85. The van der Waals surface area contributed by atoms with E-state index >= 15 is 0 Å². The number of hydrogen-bond donors (Lipinski definition) is 2. The van der Waals surface area contributed by atoms with Gasteiger partial charge in [-0.3, -0.25) is 10.1 Å². The lowest BCUT2D eigenvalue weighted by Gasteiger charge is -2.10. The number of carbonyl (C=O) groups excluding carboxylic acids is 1. The van der Waals surface area contributed by atoms with E-state index in [0.717, 1.165) is 23.1 Å². The van der Waals surface area contributed by atoms with Gasteiger partial charge in [0.25, 0.3) is 5.91 Å². The molecule has 6 heteroatoms. The molecule has 0 saturated heterocycles. The van der Waals surface area contributed by atoms with Crippen molar-refractivity contribution in [2.24, 2.45) is 0 Å². The first-order valence-corrected chi connectivity index (χ1v) is 7.47. The fourth-order valence-corrected chi connectivity index (χ4v) is 2.79. The molecule has 0 aliphatic carbocycles. The maximum atomic E-state index is 11.8. The lowest BCUT2D eigenvalue weighted by Crippen LogP contribution is -2.21.